The number of nitrogens with zero attached hydrogens (tertiary/aromatic N) is 2. The molecule has 20 heavy (non-hydrogen) atoms. The van der Waals surface area contributed by atoms with Gasteiger partial charge in [-0.05, 0) is 42.3 Å². The summed E-state index contributed by atoms with van der Waals surface area (Å²) in [6.07, 6.45) is 1.59. The number of nitrogens with two attached hydrogens (primary N) is 1. The number of nitrogens with one attached hydrogen (secondary N) is 1. The van der Waals surface area contributed by atoms with Crippen molar-refractivity contribution in [2.45, 2.75) is 35.9 Å². The van der Waals surface area contributed by atoms with Crippen molar-refractivity contribution in [3.63, 3.8) is 0 Å². The molecule has 0 amide bonds. The van der Waals surface area contributed by atoms with Gasteiger partial charge in [0, 0.05) is 23.0 Å². The molecule has 0 fully saturated rings. The van der Waals surface area contributed by atoms with Crippen LogP contribution >= 0.6 is 23.4 Å². The molecule has 0 saturated carbocycles. The fourth-order valence-corrected chi connectivity index (χ4v) is 3.04. The average Bonchev–Trinajstić information content (AvgIpc) is 2.74. The van der Waals surface area contributed by atoms with Crippen molar-refractivity contribution < 1.29 is 0 Å². The maximum Gasteiger partial charge on any atom is 0.343 e. The second-order valence-electron chi connectivity index (χ2n) is 4.56. The summed E-state index contributed by atoms with van der Waals surface area (Å²) in [5, 5.41) is 7.71. The molecule has 2 rings (SSSR count). The van der Waals surface area contributed by atoms with Gasteiger partial charge in [-0.25, -0.2) is 9.89 Å². The fraction of sp³-hybridized carbons (Fsp3) is 0.385. The van der Waals surface area contributed by atoms with E-state index in [4.69, 9.17) is 17.3 Å². The number of benzene rings is 1. The van der Waals surface area contributed by atoms with Crippen LogP contribution in [0.4, 0.5) is 0 Å². The van der Waals surface area contributed by atoms with Crippen LogP contribution in [0.25, 0.3) is 0 Å². The first-order valence-electron chi connectivity index (χ1n) is 6.35. The molecule has 7 heteroatoms. The molecule has 1 aromatic heterocycles. The van der Waals surface area contributed by atoms with Gasteiger partial charge in [0.2, 0.25) is 0 Å². The van der Waals surface area contributed by atoms with Crippen LogP contribution in [0, 0.1) is 0 Å². The fourth-order valence-electron chi connectivity index (χ4n) is 1.76. The van der Waals surface area contributed by atoms with E-state index in [1.54, 1.807) is 7.05 Å². The van der Waals surface area contributed by atoms with E-state index in [9.17, 15) is 4.79 Å². The number of rotatable bonds is 5. The van der Waals surface area contributed by atoms with Gasteiger partial charge in [-0.1, -0.05) is 24.6 Å². The van der Waals surface area contributed by atoms with Crippen molar-refractivity contribution in [3.8, 4) is 0 Å². The Morgan fingerprint density at radius 3 is 2.90 bits per heavy atom. The summed E-state index contributed by atoms with van der Waals surface area (Å²) in [6.45, 7) is 2.05. The van der Waals surface area contributed by atoms with Crippen LogP contribution in [-0.2, 0) is 13.5 Å². The van der Waals surface area contributed by atoms with Crippen LogP contribution in [0.1, 0.15) is 18.9 Å². The van der Waals surface area contributed by atoms with Gasteiger partial charge in [0.15, 0.2) is 5.16 Å². The van der Waals surface area contributed by atoms with Gasteiger partial charge in [0.05, 0.1) is 0 Å². The smallest absolute Gasteiger partial charge is 0.327 e. The predicted molar refractivity (Wildman–Crippen MR) is 81.4 cm³/mol. The van der Waals surface area contributed by atoms with Gasteiger partial charge in [0.25, 0.3) is 0 Å². The van der Waals surface area contributed by atoms with Crippen molar-refractivity contribution in [1.29, 1.82) is 0 Å². The van der Waals surface area contributed by atoms with E-state index in [1.807, 2.05) is 25.1 Å². The van der Waals surface area contributed by atoms with Gasteiger partial charge in [-0.3, -0.25) is 4.57 Å². The zero-order valence-corrected chi connectivity index (χ0v) is 13.0. The largest absolute Gasteiger partial charge is 0.343 e. The molecular formula is C13H17ClN4OS. The Morgan fingerprint density at radius 1 is 1.55 bits per heavy atom. The molecule has 0 saturated heterocycles. The number of halogens is 1. The maximum atomic E-state index is 11.4. The molecule has 5 nitrogen and oxygen atoms in total. The van der Waals surface area contributed by atoms with E-state index in [0.29, 0.717) is 16.6 Å². The third-order valence-corrected chi connectivity index (χ3v) is 4.61. The van der Waals surface area contributed by atoms with Gasteiger partial charge < -0.3 is 5.73 Å². The molecule has 0 aliphatic heterocycles. The SMILES string of the molecule is CCC(N)Cc1c(Cl)cccc1Sc1n[nH]c(=O)n1C. The topological polar surface area (TPSA) is 76.7 Å². The summed E-state index contributed by atoms with van der Waals surface area (Å²) in [5.74, 6) is 0. The summed E-state index contributed by atoms with van der Waals surface area (Å²) in [6, 6.07) is 5.77. The van der Waals surface area contributed by atoms with Gasteiger partial charge >= 0.3 is 5.69 Å². The molecule has 0 aliphatic carbocycles. The minimum absolute atomic E-state index is 0.0669. The minimum atomic E-state index is -0.235. The van der Waals surface area contributed by atoms with Crippen molar-refractivity contribution in [2.75, 3.05) is 0 Å². The second kappa shape index (κ2) is 6.47. The van der Waals surface area contributed by atoms with E-state index in [2.05, 4.69) is 10.2 Å². The highest BCUT2D eigenvalue weighted by Crippen LogP contribution is 2.33. The van der Waals surface area contributed by atoms with Crippen LogP contribution < -0.4 is 11.4 Å². The Kier molecular flexibility index (Phi) is 4.91. The van der Waals surface area contributed by atoms with Crippen LogP contribution in [-0.4, -0.2) is 20.8 Å². The van der Waals surface area contributed by atoms with E-state index >= 15 is 0 Å². The molecule has 1 unspecified atom stereocenters. The van der Waals surface area contributed by atoms with E-state index < -0.39 is 0 Å². The summed E-state index contributed by atoms with van der Waals surface area (Å²) in [5.41, 5.74) is 6.79. The van der Waals surface area contributed by atoms with Crippen molar-refractivity contribution in [1.82, 2.24) is 14.8 Å². The highest BCUT2D eigenvalue weighted by molar-refractivity contribution is 7.99. The molecule has 2 aromatic rings. The Morgan fingerprint density at radius 2 is 2.30 bits per heavy atom. The van der Waals surface area contributed by atoms with E-state index in [1.165, 1.54) is 16.3 Å². The Hall–Kier alpha value is -1.24. The highest BCUT2D eigenvalue weighted by atomic mass is 35.5. The normalized spacial score (nSPS) is 12.6. The number of aromatic nitrogens is 3. The lowest BCUT2D eigenvalue weighted by atomic mass is 10.0. The molecule has 0 spiro atoms. The first kappa shape index (κ1) is 15.2. The summed E-state index contributed by atoms with van der Waals surface area (Å²) in [4.78, 5) is 12.4. The Balaban J connectivity index is 2.34. The number of hydrogen-bond donors (Lipinski definition) is 2. The van der Waals surface area contributed by atoms with Crippen LogP contribution in [0.15, 0.2) is 33.0 Å². The lowest BCUT2D eigenvalue weighted by Gasteiger charge is -2.14. The zero-order chi connectivity index (χ0) is 14.7. The molecule has 1 aromatic carbocycles. The van der Waals surface area contributed by atoms with Crippen molar-refractivity contribution >= 4 is 23.4 Å². The van der Waals surface area contributed by atoms with Crippen LogP contribution in [0.2, 0.25) is 5.02 Å². The van der Waals surface area contributed by atoms with Crippen molar-refractivity contribution in [2.24, 2.45) is 12.8 Å². The molecule has 3 N–H and O–H groups in total. The van der Waals surface area contributed by atoms with Crippen LogP contribution in [0.5, 0.6) is 0 Å². The quantitative estimate of drug-likeness (QED) is 0.887. The van der Waals surface area contributed by atoms with E-state index in [0.717, 1.165) is 16.9 Å². The lowest BCUT2D eigenvalue weighted by molar-refractivity contribution is 0.641. The van der Waals surface area contributed by atoms with Crippen LogP contribution in [0.3, 0.4) is 0 Å². The highest BCUT2D eigenvalue weighted by Gasteiger charge is 2.14. The average molecular weight is 313 g/mol. The third-order valence-electron chi connectivity index (χ3n) is 3.11. The van der Waals surface area contributed by atoms with Gasteiger partial charge in [0.1, 0.15) is 0 Å². The first-order chi connectivity index (χ1) is 9.52. The van der Waals surface area contributed by atoms with E-state index in [-0.39, 0.29) is 11.7 Å². The summed E-state index contributed by atoms with van der Waals surface area (Å²) < 4.78 is 1.47. The van der Waals surface area contributed by atoms with Gasteiger partial charge in [-0.15, -0.1) is 5.10 Å². The first-order valence-corrected chi connectivity index (χ1v) is 7.54. The third kappa shape index (κ3) is 3.26. The number of H-pyrrole nitrogens is 1. The monoisotopic (exact) mass is 312 g/mol. The number of aromatic amines is 1. The summed E-state index contributed by atoms with van der Waals surface area (Å²) >= 11 is 7.68. The predicted octanol–water partition coefficient (Wildman–Crippen LogP) is 2.19. The standard InChI is InChI=1S/C13H17ClN4OS/c1-3-8(15)7-9-10(14)5-4-6-11(9)20-13-17-16-12(19)18(13)2/h4-6,8H,3,7,15H2,1-2H3,(H,16,19). The second-order valence-corrected chi connectivity index (χ2v) is 5.98. The molecule has 0 aliphatic rings. The molecule has 108 valence electrons. The molecule has 1 heterocycles. The van der Waals surface area contributed by atoms with Crippen molar-refractivity contribution in [3.05, 3.63) is 39.3 Å². The number of hydrogen-bond acceptors (Lipinski definition) is 4. The lowest BCUT2D eigenvalue weighted by Crippen LogP contribution is -2.22. The summed E-state index contributed by atoms with van der Waals surface area (Å²) in [7, 11) is 1.68. The minimum Gasteiger partial charge on any atom is -0.327 e. The van der Waals surface area contributed by atoms with Gasteiger partial charge in [-0.2, -0.15) is 0 Å². The Bertz CT molecular complexity index is 652. The Labute approximate surface area is 126 Å². The zero-order valence-electron chi connectivity index (χ0n) is 11.4. The maximum absolute atomic E-state index is 11.4. The molecule has 1 atom stereocenters. The molecular weight excluding hydrogens is 296 g/mol. The molecule has 0 bridgehead atoms. The molecule has 0 radical (unpaired) electrons.